The molecule has 1 N–H and O–H groups in total. The lowest BCUT2D eigenvalue weighted by atomic mass is 10.1. The second-order valence-corrected chi connectivity index (χ2v) is 4.09. The van der Waals surface area contributed by atoms with Crippen LogP contribution in [0, 0.1) is 31.1 Å². The lowest BCUT2D eigenvalue weighted by molar-refractivity contribution is -0.157. The zero-order valence-electron chi connectivity index (χ0n) is 10.3. The van der Waals surface area contributed by atoms with Crippen LogP contribution in [0.4, 0.5) is 13.2 Å². The summed E-state index contributed by atoms with van der Waals surface area (Å²) < 4.78 is 42.1. The third-order valence-electron chi connectivity index (χ3n) is 2.70. The second-order valence-electron chi connectivity index (χ2n) is 4.09. The number of nitrogens with zero attached hydrogens (tertiary/aromatic N) is 2. The standard InChI is InChI=1S/C11H14F3N3O/c1-6(10-7(2)17-18-8(10)3)16-5-9(4-15)11(12,13)14/h6,9,16H,5H2,1-3H3. The Morgan fingerprint density at radius 2 is 2.06 bits per heavy atom. The molecule has 0 bridgehead atoms. The van der Waals surface area contributed by atoms with Gasteiger partial charge in [-0.25, -0.2) is 0 Å². The summed E-state index contributed by atoms with van der Waals surface area (Å²) in [4.78, 5) is 0. The van der Waals surface area contributed by atoms with Gasteiger partial charge in [-0.05, 0) is 20.8 Å². The maximum atomic E-state index is 12.4. The van der Waals surface area contributed by atoms with Crippen molar-refractivity contribution in [3.8, 4) is 6.07 Å². The van der Waals surface area contributed by atoms with Gasteiger partial charge in [-0.2, -0.15) is 18.4 Å². The summed E-state index contributed by atoms with van der Waals surface area (Å²) in [6.07, 6.45) is -4.51. The van der Waals surface area contributed by atoms with E-state index in [1.807, 2.05) is 0 Å². The molecule has 0 radical (unpaired) electrons. The first-order valence-electron chi connectivity index (χ1n) is 5.39. The molecule has 0 aromatic carbocycles. The Kier molecular flexibility index (Phi) is 4.35. The summed E-state index contributed by atoms with van der Waals surface area (Å²) in [6.45, 7) is 4.66. The molecule has 2 unspecified atom stereocenters. The number of halogens is 3. The van der Waals surface area contributed by atoms with Crippen LogP contribution in [0.2, 0.25) is 0 Å². The van der Waals surface area contributed by atoms with E-state index in [2.05, 4.69) is 10.5 Å². The molecule has 1 rings (SSSR count). The fraction of sp³-hybridized carbons (Fsp3) is 0.636. The van der Waals surface area contributed by atoms with Crippen molar-refractivity contribution in [3.05, 3.63) is 17.0 Å². The summed E-state index contributed by atoms with van der Waals surface area (Å²) in [5.41, 5.74) is 1.36. The van der Waals surface area contributed by atoms with E-state index in [1.165, 1.54) is 6.07 Å². The first-order valence-corrected chi connectivity index (χ1v) is 5.39. The van der Waals surface area contributed by atoms with E-state index in [9.17, 15) is 13.2 Å². The lowest BCUT2D eigenvalue weighted by Gasteiger charge is -2.18. The number of hydrogen-bond acceptors (Lipinski definition) is 4. The van der Waals surface area contributed by atoms with Crippen LogP contribution in [0.15, 0.2) is 4.52 Å². The van der Waals surface area contributed by atoms with Crippen LogP contribution in [0.3, 0.4) is 0 Å². The fourth-order valence-electron chi connectivity index (χ4n) is 1.74. The molecular weight excluding hydrogens is 247 g/mol. The summed E-state index contributed by atoms with van der Waals surface area (Å²) >= 11 is 0. The number of hydrogen-bond donors (Lipinski definition) is 1. The minimum atomic E-state index is -4.51. The minimum Gasteiger partial charge on any atom is -0.361 e. The molecule has 100 valence electrons. The zero-order chi connectivity index (χ0) is 13.9. The van der Waals surface area contributed by atoms with Gasteiger partial charge >= 0.3 is 6.18 Å². The molecular formula is C11H14F3N3O. The van der Waals surface area contributed by atoms with Gasteiger partial charge in [0.25, 0.3) is 0 Å². The summed E-state index contributed by atoms with van der Waals surface area (Å²) in [5, 5.41) is 14.9. The number of nitrogens with one attached hydrogen (secondary N) is 1. The quantitative estimate of drug-likeness (QED) is 0.905. The van der Waals surface area contributed by atoms with E-state index >= 15 is 0 Å². The molecule has 0 amide bonds. The van der Waals surface area contributed by atoms with Gasteiger partial charge in [0.05, 0.1) is 11.8 Å². The number of aryl methyl sites for hydroxylation is 2. The average Bonchev–Trinajstić information content (AvgIpc) is 2.57. The van der Waals surface area contributed by atoms with Crippen LogP contribution in [-0.4, -0.2) is 17.9 Å². The maximum Gasteiger partial charge on any atom is 0.405 e. The Hall–Kier alpha value is -1.55. The first kappa shape index (κ1) is 14.5. The Balaban J connectivity index is 2.67. The van der Waals surface area contributed by atoms with Crippen LogP contribution in [0.5, 0.6) is 0 Å². The van der Waals surface area contributed by atoms with E-state index in [0.29, 0.717) is 11.5 Å². The Morgan fingerprint density at radius 1 is 1.44 bits per heavy atom. The first-order chi connectivity index (χ1) is 8.27. The predicted octanol–water partition coefficient (Wildman–Crippen LogP) is 2.64. The van der Waals surface area contributed by atoms with Gasteiger partial charge in [0.2, 0.25) is 0 Å². The highest BCUT2D eigenvalue weighted by Gasteiger charge is 2.39. The third-order valence-corrected chi connectivity index (χ3v) is 2.70. The van der Waals surface area contributed by atoms with Gasteiger partial charge in [0.1, 0.15) is 5.76 Å². The Labute approximate surface area is 103 Å². The molecule has 0 aliphatic heterocycles. The smallest absolute Gasteiger partial charge is 0.361 e. The fourth-order valence-corrected chi connectivity index (χ4v) is 1.74. The summed E-state index contributed by atoms with van der Waals surface area (Å²) in [5.74, 6) is -1.45. The molecule has 0 saturated heterocycles. The van der Waals surface area contributed by atoms with Crippen LogP contribution in [0.25, 0.3) is 0 Å². The number of rotatable bonds is 4. The van der Waals surface area contributed by atoms with Crippen molar-refractivity contribution in [1.82, 2.24) is 10.5 Å². The second kappa shape index (κ2) is 5.40. The van der Waals surface area contributed by atoms with E-state index in [4.69, 9.17) is 9.78 Å². The molecule has 0 aliphatic rings. The molecule has 0 spiro atoms. The van der Waals surface area contributed by atoms with E-state index in [1.54, 1.807) is 20.8 Å². The summed E-state index contributed by atoms with van der Waals surface area (Å²) in [6, 6.07) is 0.893. The number of aromatic nitrogens is 1. The monoisotopic (exact) mass is 261 g/mol. The van der Waals surface area contributed by atoms with E-state index < -0.39 is 18.6 Å². The number of alkyl halides is 3. The van der Waals surface area contributed by atoms with Crippen molar-refractivity contribution in [2.45, 2.75) is 33.0 Å². The molecule has 0 saturated carbocycles. The van der Waals surface area contributed by atoms with Gasteiger partial charge in [-0.15, -0.1) is 0 Å². The van der Waals surface area contributed by atoms with Crippen molar-refractivity contribution in [2.75, 3.05) is 6.54 Å². The normalized spacial score (nSPS) is 15.2. The zero-order valence-corrected chi connectivity index (χ0v) is 10.3. The van der Waals surface area contributed by atoms with Gasteiger partial charge in [0.15, 0.2) is 5.92 Å². The van der Waals surface area contributed by atoms with Crippen molar-refractivity contribution in [3.63, 3.8) is 0 Å². The molecule has 1 heterocycles. The molecule has 1 aromatic heterocycles. The predicted molar refractivity (Wildman–Crippen MR) is 57.6 cm³/mol. The summed E-state index contributed by atoms with van der Waals surface area (Å²) in [7, 11) is 0. The van der Waals surface area contributed by atoms with Gasteiger partial charge < -0.3 is 9.84 Å². The Morgan fingerprint density at radius 3 is 2.44 bits per heavy atom. The molecule has 7 heteroatoms. The lowest BCUT2D eigenvalue weighted by Crippen LogP contribution is -2.34. The largest absolute Gasteiger partial charge is 0.405 e. The minimum absolute atomic E-state index is 0.352. The van der Waals surface area contributed by atoms with Crippen molar-refractivity contribution in [1.29, 1.82) is 5.26 Å². The van der Waals surface area contributed by atoms with Gasteiger partial charge in [0, 0.05) is 18.2 Å². The van der Waals surface area contributed by atoms with Gasteiger partial charge in [-0.1, -0.05) is 5.16 Å². The van der Waals surface area contributed by atoms with E-state index in [0.717, 1.165) is 5.56 Å². The van der Waals surface area contributed by atoms with Crippen LogP contribution < -0.4 is 5.32 Å². The van der Waals surface area contributed by atoms with Crippen LogP contribution >= 0.6 is 0 Å². The molecule has 0 aliphatic carbocycles. The molecule has 2 atom stereocenters. The maximum absolute atomic E-state index is 12.4. The highest BCUT2D eigenvalue weighted by atomic mass is 19.4. The van der Waals surface area contributed by atoms with Gasteiger partial charge in [-0.3, -0.25) is 0 Å². The molecule has 0 fully saturated rings. The van der Waals surface area contributed by atoms with Crippen LogP contribution in [0.1, 0.15) is 30.0 Å². The molecule has 18 heavy (non-hydrogen) atoms. The Bertz CT molecular complexity index is 428. The topological polar surface area (TPSA) is 61.9 Å². The average molecular weight is 261 g/mol. The van der Waals surface area contributed by atoms with Crippen molar-refractivity contribution in [2.24, 2.45) is 5.92 Å². The highest BCUT2D eigenvalue weighted by molar-refractivity contribution is 5.24. The van der Waals surface area contributed by atoms with Crippen LogP contribution in [-0.2, 0) is 0 Å². The number of nitriles is 1. The molecule has 4 nitrogen and oxygen atoms in total. The van der Waals surface area contributed by atoms with Crippen molar-refractivity contribution >= 4 is 0 Å². The third kappa shape index (κ3) is 3.23. The van der Waals surface area contributed by atoms with E-state index in [-0.39, 0.29) is 6.04 Å². The highest BCUT2D eigenvalue weighted by Crippen LogP contribution is 2.26. The van der Waals surface area contributed by atoms with Crippen molar-refractivity contribution < 1.29 is 17.7 Å². The SMILES string of the molecule is Cc1noc(C)c1C(C)NCC(C#N)C(F)(F)F. The molecule has 1 aromatic rings.